The van der Waals surface area contributed by atoms with Gasteiger partial charge in [-0.25, -0.2) is 4.18 Å². The molecule has 3 fully saturated rings. The van der Waals surface area contributed by atoms with E-state index >= 15 is 0 Å². The van der Waals surface area contributed by atoms with Gasteiger partial charge >= 0.3 is 10.4 Å². The van der Waals surface area contributed by atoms with Gasteiger partial charge in [0, 0.05) is 0 Å². The maximum absolute atomic E-state index is 11.3. The van der Waals surface area contributed by atoms with Gasteiger partial charge in [0.05, 0.1) is 6.10 Å². The van der Waals surface area contributed by atoms with Gasteiger partial charge < -0.3 is 0 Å². The molecule has 194 valence electrons. The van der Waals surface area contributed by atoms with Crippen LogP contribution in [0.2, 0.25) is 0 Å². The van der Waals surface area contributed by atoms with Crippen LogP contribution in [0.15, 0.2) is 23.8 Å². The lowest BCUT2D eigenvalue weighted by molar-refractivity contribution is -0.0569. The zero-order valence-electron chi connectivity index (χ0n) is 22.3. The first kappa shape index (κ1) is 26.4. The molecule has 0 heterocycles. The fourth-order valence-corrected chi connectivity index (χ4v) is 9.81. The Morgan fingerprint density at radius 3 is 2.50 bits per heavy atom. The molecule has 3 saturated carbocycles. The average Bonchev–Trinajstić information content (AvgIpc) is 3.09. The van der Waals surface area contributed by atoms with Crippen LogP contribution in [0.25, 0.3) is 0 Å². The molecule has 10 atom stereocenters. The lowest BCUT2D eigenvalue weighted by Gasteiger charge is -2.58. The second-order valence-electron chi connectivity index (χ2n) is 13.2. The van der Waals surface area contributed by atoms with E-state index in [1.54, 1.807) is 0 Å². The van der Waals surface area contributed by atoms with E-state index in [-0.39, 0.29) is 5.41 Å². The van der Waals surface area contributed by atoms with Crippen molar-refractivity contribution in [2.24, 2.45) is 52.3 Å². The van der Waals surface area contributed by atoms with E-state index in [1.807, 2.05) is 0 Å². The predicted octanol–water partition coefficient (Wildman–Crippen LogP) is 7.63. The first-order valence-electron chi connectivity index (χ1n) is 13.8. The van der Waals surface area contributed by atoms with Gasteiger partial charge in [-0.2, -0.15) is 8.42 Å². The summed E-state index contributed by atoms with van der Waals surface area (Å²) in [5.41, 5.74) is 3.28. The largest absolute Gasteiger partial charge is 0.397 e. The standard InChI is InChI=1S/C29H48O4S/c1-18(2)21(5)19(3)16-20(4)25-10-11-26-24-9-8-22-17-23(33-34(30,31)32)12-14-28(22,6)27(24)13-15-29(25,26)7/h8,19-21,23-27H,1,9-17H2,2-7H3,(H,30,31,32)/t19-,20-,21+,23+,24+,25-,26+,27+,28+,29-/m1/s1. The van der Waals surface area contributed by atoms with E-state index in [4.69, 9.17) is 8.74 Å². The third-order valence-electron chi connectivity index (χ3n) is 11.5. The van der Waals surface area contributed by atoms with Gasteiger partial charge in [-0.15, -0.1) is 0 Å². The summed E-state index contributed by atoms with van der Waals surface area (Å²) in [5, 5.41) is 0. The minimum atomic E-state index is -4.39. The van der Waals surface area contributed by atoms with E-state index in [0.717, 1.165) is 36.5 Å². The number of hydrogen-bond acceptors (Lipinski definition) is 3. The summed E-state index contributed by atoms with van der Waals surface area (Å²) >= 11 is 0. The topological polar surface area (TPSA) is 63.6 Å². The molecule has 0 aliphatic heterocycles. The van der Waals surface area contributed by atoms with Crippen molar-refractivity contribution in [2.45, 2.75) is 105 Å². The highest BCUT2D eigenvalue weighted by molar-refractivity contribution is 7.80. The van der Waals surface area contributed by atoms with Gasteiger partial charge in [-0.05, 0) is 117 Å². The summed E-state index contributed by atoms with van der Waals surface area (Å²) in [4.78, 5) is 0. The van der Waals surface area contributed by atoms with E-state index in [0.29, 0.717) is 36.0 Å². The van der Waals surface area contributed by atoms with Crippen molar-refractivity contribution in [1.29, 1.82) is 0 Å². The van der Waals surface area contributed by atoms with Crippen LogP contribution in [-0.2, 0) is 14.6 Å². The molecule has 0 amide bonds. The van der Waals surface area contributed by atoms with Crippen molar-refractivity contribution in [3.63, 3.8) is 0 Å². The maximum atomic E-state index is 11.3. The van der Waals surface area contributed by atoms with Crippen molar-refractivity contribution in [1.82, 2.24) is 0 Å². The molecular formula is C29H48O4S. The Bertz CT molecular complexity index is 922. The zero-order chi connectivity index (χ0) is 25.1. The Hall–Kier alpha value is -0.650. The monoisotopic (exact) mass is 492 g/mol. The van der Waals surface area contributed by atoms with Crippen molar-refractivity contribution >= 4 is 10.4 Å². The molecule has 0 aromatic heterocycles. The molecule has 4 aliphatic carbocycles. The highest BCUT2D eigenvalue weighted by atomic mass is 32.3. The van der Waals surface area contributed by atoms with Crippen LogP contribution < -0.4 is 0 Å². The molecular weight excluding hydrogens is 444 g/mol. The summed E-state index contributed by atoms with van der Waals surface area (Å²) in [5.74, 6) is 5.07. The molecule has 5 heteroatoms. The molecule has 0 aromatic carbocycles. The number of hydrogen-bond donors (Lipinski definition) is 1. The predicted molar refractivity (Wildman–Crippen MR) is 139 cm³/mol. The molecule has 0 bridgehead atoms. The van der Waals surface area contributed by atoms with E-state index in [9.17, 15) is 8.42 Å². The smallest absolute Gasteiger partial charge is 0.264 e. The molecule has 0 spiro atoms. The van der Waals surface area contributed by atoms with Crippen molar-refractivity contribution < 1.29 is 17.2 Å². The number of fused-ring (bicyclic) bond motifs is 5. The second-order valence-corrected chi connectivity index (χ2v) is 14.2. The van der Waals surface area contributed by atoms with Crippen LogP contribution in [0.4, 0.5) is 0 Å². The average molecular weight is 493 g/mol. The first-order chi connectivity index (χ1) is 15.8. The summed E-state index contributed by atoms with van der Waals surface area (Å²) in [6, 6.07) is 0. The van der Waals surface area contributed by atoms with Gasteiger partial charge in [0.15, 0.2) is 0 Å². The normalized spacial score (nSPS) is 42.6. The fraction of sp³-hybridized carbons (Fsp3) is 0.862. The molecule has 4 aliphatic rings. The Labute approximate surface area is 209 Å². The van der Waals surface area contributed by atoms with E-state index in [1.165, 1.54) is 43.3 Å². The zero-order valence-corrected chi connectivity index (χ0v) is 23.2. The van der Waals surface area contributed by atoms with Crippen molar-refractivity contribution in [3.05, 3.63) is 23.8 Å². The SMILES string of the molecule is C=C(C)[C@H](C)[C@H](C)C[C@@H](C)[C@H]1CC[C@H]2[C@@H]3CC=C4C[C@@H](OS(=O)(=O)O)CC[C@]4(C)[C@H]3CC[C@]12C. The highest BCUT2D eigenvalue weighted by Crippen LogP contribution is 2.67. The molecule has 34 heavy (non-hydrogen) atoms. The molecule has 4 rings (SSSR count). The van der Waals surface area contributed by atoms with Crippen molar-refractivity contribution in [2.75, 3.05) is 0 Å². The Morgan fingerprint density at radius 1 is 1.15 bits per heavy atom. The van der Waals surface area contributed by atoms with Gasteiger partial charge in [-0.1, -0.05) is 58.4 Å². The fourth-order valence-electron chi connectivity index (χ4n) is 9.30. The van der Waals surface area contributed by atoms with Crippen LogP contribution in [0.5, 0.6) is 0 Å². The molecule has 0 aromatic rings. The lowest BCUT2D eigenvalue weighted by atomic mass is 9.47. The van der Waals surface area contributed by atoms with E-state index in [2.05, 4.69) is 54.2 Å². The second kappa shape index (κ2) is 9.34. The van der Waals surface area contributed by atoms with Crippen LogP contribution in [0.3, 0.4) is 0 Å². The lowest BCUT2D eigenvalue weighted by Crippen LogP contribution is -2.51. The van der Waals surface area contributed by atoms with Gasteiger partial charge in [-0.3, -0.25) is 4.55 Å². The number of allylic oxidation sites excluding steroid dienone is 2. The molecule has 0 unspecified atom stereocenters. The van der Waals surface area contributed by atoms with Crippen LogP contribution in [0.1, 0.15) is 99.3 Å². The van der Waals surface area contributed by atoms with Gasteiger partial charge in [0.2, 0.25) is 0 Å². The molecule has 0 radical (unpaired) electrons. The van der Waals surface area contributed by atoms with Crippen molar-refractivity contribution in [3.8, 4) is 0 Å². The first-order valence-corrected chi connectivity index (χ1v) is 15.1. The Morgan fingerprint density at radius 2 is 1.85 bits per heavy atom. The van der Waals surface area contributed by atoms with Crippen LogP contribution in [-0.4, -0.2) is 19.1 Å². The highest BCUT2D eigenvalue weighted by Gasteiger charge is 2.59. The van der Waals surface area contributed by atoms with Gasteiger partial charge in [0.1, 0.15) is 0 Å². The van der Waals surface area contributed by atoms with Gasteiger partial charge in [0.25, 0.3) is 0 Å². The summed E-state index contributed by atoms with van der Waals surface area (Å²) in [6.07, 6.45) is 12.1. The van der Waals surface area contributed by atoms with Crippen LogP contribution >= 0.6 is 0 Å². The van der Waals surface area contributed by atoms with E-state index < -0.39 is 16.5 Å². The minimum absolute atomic E-state index is 0.151. The maximum Gasteiger partial charge on any atom is 0.397 e. The van der Waals surface area contributed by atoms with Crippen LogP contribution in [0, 0.1) is 52.3 Å². The Balaban J connectivity index is 1.49. The summed E-state index contributed by atoms with van der Waals surface area (Å²) < 4.78 is 36.7. The minimum Gasteiger partial charge on any atom is -0.264 e. The Kier molecular flexibility index (Phi) is 7.25. The third-order valence-corrected chi connectivity index (χ3v) is 12.0. The third kappa shape index (κ3) is 4.70. The summed E-state index contributed by atoms with van der Waals surface area (Å²) in [7, 11) is -4.39. The summed E-state index contributed by atoms with van der Waals surface area (Å²) in [6.45, 7) is 18.7. The molecule has 1 N–H and O–H groups in total. The number of rotatable bonds is 7. The molecule has 4 nitrogen and oxygen atoms in total. The molecule has 0 saturated heterocycles. The quantitative estimate of drug-likeness (QED) is 0.293.